The molecule has 5 heteroatoms. The number of benzene rings is 1. The van der Waals surface area contributed by atoms with Gasteiger partial charge in [0.05, 0.1) is 13.2 Å². The molecule has 102 valence electrons. The van der Waals surface area contributed by atoms with E-state index in [-0.39, 0.29) is 5.41 Å². The Morgan fingerprint density at radius 1 is 1.42 bits per heavy atom. The Hall–Kier alpha value is -1.43. The molecule has 2 aromatic rings. The van der Waals surface area contributed by atoms with E-state index in [2.05, 4.69) is 16.4 Å². The summed E-state index contributed by atoms with van der Waals surface area (Å²) in [5.74, 6) is 0.703. The number of hydrogen-bond acceptors (Lipinski definition) is 5. The van der Waals surface area contributed by atoms with Gasteiger partial charge in [-0.2, -0.15) is 0 Å². The standard InChI is InChI=1S/C14H19N3O2/c1-10-17-12-3-2-11(4-13(12)19-10)5-16-7-14(6-15)8-18-9-14/h2-4,16H,5-9,15H2,1H3. The van der Waals surface area contributed by atoms with Gasteiger partial charge >= 0.3 is 0 Å². The molecule has 19 heavy (non-hydrogen) atoms. The van der Waals surface area contributed by atoms with Gasteiger partial charge in [-0.25, -0.2) is 4.98 Å². The number of nitrogens with two attached hydrogens (primary N) is 1. The summed E-state index contributed by atoms with van der Waals surface area (Å²) in [5, 5.41) is 3.44. The van der Waals surface area contributed by atoms with Crippen molar-refractivity contribution < 1.29 is 9.15 Å². The van der Waals surface area contributed by atoms with Crippen LogP contribution in [0.4, 0.5) is 0 Å². The lowest BCUT2D eigenvalue weighted by Crippen LogP contribution is -2.54. The smallest absolute Gasteiger partial charge is 0.192 e. The van der Waals surface area contributed by atoms with Gasteiger partial charge in [-0.15, -0.1) is 0 Å². The lowest BCUT2D eigenvalue weighted by atomic mass is 9.86. The Kier molecular flexibility index (Phi) is 3.26. The molecule has 0 atom stereocenters. The van der Waals surface area contributed by atoms with Crippen molar-refractivity contribution in [3.63, 3.8) is 0 Å². The van der Waals surface area contributed by atoms with E-state index in [4.69, 9.17) is 14.9 Å². The van der Waals surface area contributed by atoms with Crippen molar-refractivity contribution in [2.45, 2.75) is 13.5 Å². The largest absolute Gasteiger partial charge is 0.441 e. The molecule has 1 aliphatic rings. The summed E-state index contributed by atoms with van der Waals surface area (Å²) in [5.41, 5.74) is 8.86. The maximum Gasteiger partial charge on any atom is 0.192 e. The lowest BCUT2D eigenvalue weighted by Gasteiger charge is -2.40. The Bertz CT molecular complexity index is 570. The monoisotopic (exact) mass is 261 g/mol. The molecule has 0 saturated carbocycles. The molecule has 2 heterocycles. The molecule has 0 unspecified atom stereocenters. The van der Waals surface area contributed by atoms with Crippen LogP contribution in [0, 0.1) is 12.3 Å². The van der Waals surface area contributed by atoms with E-state index >= 15 is 0 Å². The molecule has 1 aliphatic heterocycles. The molecule has 0 amide bonds. The molecule has 1 aromatic carbocycles. The van der Waals surface area contributed by atoms with Crippen LogP contribution in [0.3, 0.4) is 0 Å². The van der Waals surface area contributed by atoms with Gasteiger partial charge < -0.3 is 20.2 Å². The van der Waals surface area contributed by atoms with Gasteiger partial charge in [0.15, 0.2) is 11.5 Å². The average molecular weight is 261 g/mol. The Morgan fingerprint density at radius 3 is 2.95 bits per heavy atom. The molecule has 0 aliphatic carbocycles. The molecule has 0 bridgehead atoms. The third-order valence-electron chi connectivity index (χ3n) is 3.64. The van der Waals surface area contributed by atoms with Gasteiger partial charge in [0.2, 0.25) is 0 Å². The topological polar surface area (TPSA) is 73.3 Å². The number of hydrogen-bond donors (Lipinski definition) is 2. The summed E-state index contributed by atoms with van der Waals surface area (Å²) in [6.45, 7) is 5.74. The average Bonchev–Trinajstić information content (AvgIpc) is 2.72. The van der Waals surface area contributed by atoms with E-state index in [1.807, 2.05) is 19.1 Å². The summed E-state index contributed by atoms with van der Waals surface area (Å²) in [6.07, 6.45) is 0. The third kappa shape index (κ3) is 2.49. The van der Waals surface area contributed by atoms with Crippen molar-refractivity contribution in [3.05, 3.63) is 29.7 Å². The number of aryl methyl sites for hydroxylation is 1. The molecule has 1 aromatic heterocycles. The van der Waals surface area contributed by atoms with Gasteiger partial charge in [0, 0.05) is 32.0 Å². The van der Waals surface area contributed by atoms with Gasteiger partial charge in [-0.1, -0.05) is 6.07 Å². The zero-order valence-corrected chi connectivity index (χ0v) is 11.1. The number of nitrogens with zero attached hydrogens (tertiary/aromatic N) is 1. The minimum atomic E-state index is 0.132. The predicted octanol–water partition coefficient (Wildman–Crippen LogP) is 1.20. The van der Waals surface area contributed by atoms with Crippen LogP contribution in [0.15, 0.2) is 22.6 Å². The van der Waals surface area contributed by atoms with Gasteiger partial charge in [0.25, 0.3) is 0 Å². The molecule has 1 saturated heterocycles. The summed E-state index contributed by atoms with van der Waals surface area (Å²) in [7, 11) is 0. The minimum absolute atomic E-state index is 0.132. The summed E-state index contributed by atoms with van der Waals surface area (Å²) < 4.78 is 10.8. The van der Waals surface area contributed by atoms with E-state index in [0.29, 0.717) is 12.4 Å². The molecular weight excluding hydrogens is 242 g/mol. The fourth-order valence-electron chi connectivity index (χ4n) is 2.35. The second-order valence-electron chi connectivity index (χ2n) is 5.34. The highest BCUT2D eigenvalue weighted by Gasteiger charge is 2.36. The first-order valence-electron chi connectivity index (χ1n) is 6.55. The van der Waals surface area contributed by atoms with Crippen LogP contribution in [-0.2, 0) is 11.3 Å². The Labute approximate surface area is 112 Å². The van der Waals surface area contributed by atoms with Crippen LogP contribution >= 0.6 is 0 Å². The highest BCUT2D eigenvalue weighted by atomic mass is 16.5. The van der Waals surface area contributed by atoms with Gasteiger partial charge in [-0.05, 0) is 17.7 Å². The zero-order chi connectivity index (χ0) is 13.3. The van der Waals surface area contributed by atoms with Gasteiger partial charge in [0.1, 0.15) is 5.52 Å². The van der Waals surface area contributed by atoms with Crippen molar-refractivity contribution in [2.75, 3.05) is 26.3 Å². The fourth-order valence-corrected chi connectivity index (χ4v) is 2.35. The molecule has 0 radical (unpaired) electrons. The number of ether oxygens (including phenoxy) is 1. The van der Waals surface area contributed by atoms with Gasteiger partial charge in [-0.3, -0.25) is 0 Å². The van der Waals surface area contributed by atoms with E-state index in [9.17, 15) is 0 Å². The highest BCUT2D eigenvalue weighted by Crippen LogP contribution is 2.25. The van der Waals surface area contributed by atoms with Crippen LogP contribution in [-0.4, -0.2) is 31.3 Å². The van der Waals surface area contributed by atoms with E-state index in [1.165, 1.54) is 5.56 Å². The number of rotatable bonds is 5. The number of aromatic nitrogens is 1. The quantitative estimate of drug-likeness (QED) is 0.846. The number of nitrogens with one attached hydrogen (secondary N) is 1. The second kappa shape index (κ2) is 4.92. The summed E-state index contributed by atoms with van der Waals surface area (Å²) in [6, 6.07) is 6.10. The molecule has 3 N–H and O–H groups in total. The second-order valence-corrected chi connectivity index (χ2v) is 5.34. The maximum atomic E-state index is 5.78. The molecule has 3 rings (SSSR count). The van der Waals surface area contributed by atoms with E-state index in [1.54, 1.807) is 0 Å². The van der Waals surface area contributed by atoms with Crippen molar-refractivity contribution >= 4 is 11.1 Å². The van der Waals surface area contributed by atoms with Crippen molar-refractivity contribution in [1.82, 2.24) is 10.3 Å². The zero-order valence-electron chi connectivity index (χ0n) is 11.1. The molecular formula is C14H19N3O2. The van der Waals surface area contributed by atoms with Crippen molar-refractivity contribution in [2.24, 2.45) is 11.1 Å². The number of fused-ring (bicyclic) bond motifs is 1. The molecule has 1 fully saturated rings. The van der Waals surface area contributed by atoms with E-state index < -0.39 is 0 Å². The van der Waals surface area contributed by atoms with Crippen LogP contribution < -0.4 is 11.1 Å². The molecule has 5 nitrogen and oxygen atoms in total. The van der Waals surface area contributed by atoms with Crippen LogP contribution in [0.2, 0.25) is 0 Å². The molecule has 0 spiro atoms. The summed E-state index contributed by atoms with van der Waals surface area (Å²) >= 11 is 0. The van der Waals surface area contributed by atoms with E-state index in [0.717, 1.165) is 37.4 Å². The maximum absolute atomic E-state index is 5.78. The highest BCUT2D eigenvalue weighted by molar-refractivity contribution is 5.73. The minimum Gasteiger partial charge on any atom is -0.441 e. The van der Waals surface area contributed by atoms with Crippen LogP contribution in [0.1, 0.15) is 11.5 Å². The number of oxazole rings is 1. The van der Waals surface area contributed by atoms with Crippen molar-refractivity contribution in [1.29, 1.82) is 0 Å². The fraction of sp³-hybridized carbons (Fsp3) is 0.500. The van der Waals surface area contributed by atoms with Crippen molar-refractivity contribution in [3.8, 4) is 0 Å². The van der Waals surface area contributed by atoms with Crippen LogP contribution in [0.25, 0.3) is 11.1 Å². The Balaban J connectivity index is 1.62. The van der Waals surface area contributed by atoms with Crippen LogP contribution in [0.5, 0.6) is 0 Å². The normalized spacial score (nSPS) is 17.6. The first kappa shape index (κ1) is 12.6. The first-order chi connectivity index (χ1) is 9.21. The first-order valence-corrected chi connectivity index (χ1v) is 6.55. The SMILES string of the molecule is Cc1nc2ccc(CNCC3(CN)COC3)cc2o1. The third-order valence-corrected chi connectivity index (χ3v) is 3.64. The summed E-state index contributed by atoms with van der Waals surface area (Å²) in [4.78, 5) is 4.29. The predicted molar refractivity (Wildman–Crippen MR) is 72.8 cm³/mol. The Morgan fingerprint density at radius 2 is 2.26 bits per heavy atom. The lowest BCUT2D eigenvalue weighted by molar-refractivity contribution is -0.105.